The molecule has 5 heterocycles. The maximum absolute atomic E-state index is 14.1. The van der Waals surface area contributed by atoms with Crippen molar-refractivity contribution in [1.82, 2.24) is 9.80 Å². The molecular weight excluding hydrogens is 442 g/mol. The van der Waals surface area contributed by atoms with Crippen molar-refractivity contribution in [1.29, 1.82) is 0 Å². The fraction of sp³-hybridized carbons (Fsp3) is 0.375. The van der Waals surface area contributed by atoms with E-state index in [1.54, 1.807) is 19.1 Å². The number of anilines is 1. The minimum absolute atomic E-state index is 0.0485. The van der Waals surface area contributed by atoms with Crippen molar-refractivity contribution in [3.05, 3.63) is 59.7 Å². The van der Waals surface area contributed by atoms with Crippen molar-refractivity contribution < 1.29 is 14.3 Å². The number of rotatable bonds is 2. The first-order valence-electron chi connectivity index (χ1n) is 10.6. The number of para-hydroxylation sites is 1. The van der Waals surface area contributed by atoms with Crippen LogP contribution < -0.4 is 10.1 Å². The van der Waals surface area contributed by atoms with Crippen molar-refractivity contribution in [2.45, 2.75) is 41.8 Å². The van der Waals surface area contributed by atoms with Crippen molar-refractivity contribution in [2.75, 3.05) is 19.5 Å². The minimum atomic E-state index is -1.07. The summed E-state index contributed by atoms with van der Waals surface area (Å²) < 4.78 is 6.09. The summed E-state index contributed by atoms with van der Waals surface area (Å²) in [4.78, 5) is 30.4. The molecule has 4 saturated heterocycles. The van der Waals surface area contributed by atoms with Crippen LogP contribution in [0.15, 0.2) is 48.5 Å². The Hall–Kier alpha value is -2.58. The molecule has 0 aliphatic carbocycles. The Kier molecular flexibility index (Phi) is 3.92. The number of thioether (sulfide) groups is 1. The summed E-state index contributed by atoms with van der Waals surface area (Å²) >= 11 is 7.09. The van der Waals surface area contributed by atoms with E-state index in [0.717, 1.165) is 22.6 Å². The summed E-state index contributed by atoms with van der Waals surface area (Å²) in [5.74, 6) is 0.668. The number of likely N-dealkylation sites (N-methyl/N-ethyl adjacent to an activating group) is 1. The average Bonchev–Trinajstić information content (AvgIpc) is 3.21. The molecule has 1 spiro atoms. The lowest BCUT2D eigenvalue weighted by Crippen LogP contribution is -2.72. The second-order valence-electron chi connectivity index (χ2n) is 9.22. The van der Waals surface area contributed by atoms with Gasteiger partial charge in [-0.1, -0.05) is 54.3 Å². The summed E-state index contributed by atoms with van der Waals surface area (Å²) in [5.41, 5.74) is 1.58. The van der Waals surface area contributed by atoms with Crippen LogP contribution in [0.2, 0.25) is 0 Å². The van der Waals surface area contributed by atoms with Crippen LogP contribution in [0.3, 0.4) is 0 Å². The third-order valence-electron chi connectivity index (χ3n) is 7.77. The lowest BCUT2D eigenvalue weighted by molar-refractivity contribution is -0.168. The Labute approximate surface area is 196 Å². The summed E-state index contributed by atoms with van der Waals surface area (Å²) in [7, 11) is 3.38. The molecule has 4 atom stereocenters. The second-order valence-corrected chi connectivity index (χ2v) is 11.3. The van der Waals surface area contributed by atoms with Gasteiger partial charge in [-0.15, -0.1) is 0 Å². The molecule has 2 aromatic carbocycles. The van der Waals surface area contributed by atoms with E-state index in [4.69, 9.17) is 17.0 Å². The number of piperazine rings is 1. The van der Waals surface area contributed by atoms with Gasteiger partial charge in [-0.05, 0) is 36.2 Å². The van der Waals surface area contributed by atoms with Crippen LogP contribution in [-0.2, 0) is 15.0 Å². The van der Waals surface area contributed by atoms with Crippen molar-refractivity contribution in [3.8, 4) is 5.75 Å². The molecule has 0 saturated carbocycles. The third kappa shape index (κ3) is 2.15. The van der Waals surface area contributed by atoms with Crippen LogP contribution in [0, 0.1) is 0 Å². The van der Waals surface area contributed by atoms with Crippen LogP contribution in [0.25, 0.3) is 0 Å². The fourth-order valence-corrected chi connectivity index (χ4v) is 8.28. The smallest absolute Gasteiger partial charge is 0.260 e. The standard InChI is InChI=1S/C24H23N3O3S2/c1-22-12-18(31)32-24(21(29)26(22)2)13-23(14-8-10-15(30-3)11-9-14)16-6-4-5-7-17(16)25-19(23)27(24)20(22)28/h4-11,19,25H,12-13H2,1-3H3/t19-,22+,23+,24+/m1/s1. The van der Waals surface area contributed by atoms with E-state index in [-0.39, 0.29) is 18.0 Å². The normalized spacial score (nSPS) is 34.7. The maximum Gasteiger partial charge on any atom is 0.260 e. The molecule has 164 valence electrons. The molecule has 32 heavy (non-hydrogen) atoms. The van der Waals surface area contributed by atoms with Gasteiger partial charge in [0.2, 0.25) is 0 Å². The van der Waals surface area contributed by atoms with Gasteiger partial charge in [0.15, 0.2) is 4.87 Å². The highest BCUT2D eigenvalue weighted by atomic mass is 32.2. The second kappa shape index (κ2) is 6.26. The Bertz CT molecular complexity index is 1200. The van der Waals surface area contributed by atoms with Gasteiger partial charge in [0.25, 0.3) is 11.8 Å². The number of ether oxygens (including phenoxy) is 1. The van der Waals surface area contributed by atoms with Crippen LogP contribution in [-0.4, -0.2) is 56.5 Å². The number of carbonyl (C=O) groups is 2. The van der Waals surface area contributed by atoms with Crippen molar-refractivity contribution >= 4 is 45.7 Å². The first-order valence-corrected chi connectivity index (χ1v) is 11.8. The topological polar surface area (TPSA) is 61.9 Å². The molecule has 5 aliphatic heterocycles. The number of hydrogen-bond acceptors (Lipinski definition) is 6. The van der Waals surface area contributed by atoms with E-state index in [9.17, 15) is 9.59 Å². The predicted octanol–water partition coefficient (Wildman–Crippen LogP) is 3.36. The fourth-order valence-electron chi connectivity index (χ4n) is 6.05. The first-order chi connectivity index (χ1) is 15.3. The summed E-state index contributed by atoms with van der Waals surface area (Å²) in [6.45, 7) is 1.84. The number of benzene rings is 2. The zero-order chi connectivity index (χ0) is 22.5. The van der Waals surface area contributed by atoms with Crippen LogP contribution >= 0.6 is 24.0 Å². The first kappa shape index (κ1) is 20.1. The highest BCUT2D eigenvalue weighted by Gasteiger charge is 2.75. The number of thiocarbonyl (C=S) groups is 1. The molecule has 6 nitrogen and oxygen atoms in total. The molecule has 0 aromatic heterocycles. The lowest BCUT2D eigenvalue weighted by Gasteiger charge is -2.50. The van der Waals surface area contributed by atoms with Gasteiger partial charge in [0, 0.05) is 25.6 Å². The predicted molar refractivity (Wildman–Crippen MR) is 128 cm³/mol. The van der Waals surface area contributed by atoms with Crippen LogP contribution in [0.1, 0.15) is 30.9 Å². The Balaban J connectivity index is 1.63. The monoisotopic (exact) mass is 465 g/mol. The summed E-state index contributed by atoms with van der Waals surface area (Å²) in [6.07, 6.45) is 0.462. The molecule has 2 amide bonds. The van der Waals surface area contributed by atoms with Gasteiger partial charge < -0.3 is 15.0 Å². The van der Waals surface area contributed by atoms with E-state index >= 15 is 0 Å². The maximum atomic E-state index is 14.1. The number of carbonyl (C=O) groups excluding carboxylic acids is 2. The highest BCUT2D eigenvalue weighted by Crippen LogP contribution is 2.64. The zero-order valence-corrected chi connectivity index (χ0v) is 19.7. The number of nitrogens with one attached hydrogen (secondary N) is 1. The summed E-state index contributed by atoms with van der Waals surface area (Å²) in [6, 6.07) is 16.1. The summed E-state index contributed by atoms with van der Waals surface area (Å²) in [5, 5.41) is 3.62. The number of nitrogens with zero attached hydrogens (tertiary/aromatic N) is 2. The molecule has 2 aromatic rings. The SMILES string of the molecule is COc1ccc([C@]23C[C@@]45SC(=S)C[C@@](C)(C(=O)N4[C@H]2Nc2ccccc23)N(C)C5=O)cc1. The van der Waals surface area contributed by atoms with Crippen LogP contribution in [0.5, 0.6) is 5.75 Å². The molecule has 4 fully saturated rings. The van der Waals surface area contributed by atoms with E-state index in [2.05, 4.69) is 11.4 Å². The third-order valence-corrected chi connectivity index (χ3v) is 9.39. The lowest BCUT2D eigenvalue weighted by atomic mass is 9.72. The van der Waals surface area contributed by atoms with Gasteiger partial charge in [0.05, 0.1) is 16.7 Å². The molecule has 5 aliphatic rings. The number of amides is 2. The number of fused-ring (bicyclic) bond motifs is 6. The van der Waals surface area contributed by atoms with Crippen molar-refractivity contribution in [3.63, 3.8) is 0 Å². The minimum Gasteiger partial charge on any atom is -0.497 e. The Morgan fingerprint density at radius 1 is 1.12 bits per heavy atom. The number of methoxy groups -OCH3 is 1. The Morgan fingerprint density at radius 3 is 2.56 bits per heavy atom. The van der Waals surface area contributed by atoms with E-state index in [1.165, 1.54) is 11.8 Å². The van der Waals surface area contributed by atoms with Crippen molar-refractivity contribution in [2.24, 2.45) is 0 Å². The molecule has 7 rings (SSSR count). The van der Waals surface area contributed by atoms with Gasteiger partial charge in [-0.3, -0.25) is 14.5 Å². The number of hydrogen-bond donors (Lipinski definition) is 1. The largest absolute Gasteiger partial charge is 0.497 e. The quantitative estimate of drug-likeness (QED) is 0.687. The molecule has 8 heteroatoms. The highest BCUT2D eigenvalue weighted by molar-refractivity contribution is 8.24. The van der Waals surface area contributed by atoms with Crippen LogP contribution in [0.4, 0.5) is 5.69 Å². The van der Waals surface area contributed by atoms with Gasteiger partial charge >= 0.3 is 0 Å². The van der Waals surface area contributed by atoms with E-state index in [1.807, 2.05) is 54.3 Å². The Morgan fingerprint density at radius 2 is 1.84 bits per heavy atom. The van der Waals surface area contributed by atoms with E-state index in [0.29, 0.717) is 17.0 Å². The molecule has 0 unspecified atom stereocenters. The van der Waals surface area contributed by atoms with Gasteiger partial charge in [0.1, 0.15) is 17.5 Å². The average molecular weight is 466 g/mol. The van der Waals surface area contributed by atoms with Gasteiger partial charge in [-0.2, -0.15) is 0 Å². The van der Waals surface area contributed by atoms with E-state index < -0.39 is 15.8 Å². The molecule has 2 bridgehead atoms. The molecule has 0 radical (unpaired) electrons. The molecular formula is C24H23N3O3S2. The molecule has 1 N–H and O–H groups in total. The van der Waals surface area contributed by atoms with Gasteiger partial charge in [-0.25, -0.2) is 0 Å². The zero-order valence-electron chi connectivity index (χ0n) is 18.0.